The molecule has 0 aliphatic carbocycles. The number of unbranched alkanes of at least 4 members (excludes halogenated alkanes) is 19. The van der Waals surface area contributed by atoms with Crippen LogP contribution in [-0.4, -0.2) is 36.4 Å². The van der Waals surface area contributed by atoms with Gasteiger partial charge in [-0.25, -0.2) is 0 Å². The topological polar surface area (TPSA) is 72.8 Å². The second-order valence-electron chi connectivity index (χ2n) is 14.4. The summed E-state index contributed by atoms with van der Waals surface area (Å²) in [6.45, 7) is 3.97. The molecular weight excluding hydrogens is 657 g/mol. The lowest BCUT2D eigenvalue weighted by molar-refractivity contribution is -0.161. The van der Waals surface area contributed by atoms with Gasteiger partial charge in [0.15, 0.2) is 6.10 Å². The molecular formula is C48H82O5. The second kappa shape index (κ2) is 43.7. The molecule has 0 spiro atoms. The maximum Gasteiger partial charge on any atom is 0.306 e. The molecule has 0 bridgehead atoms. The van der Waals surface area contributed by atoms with Gasteiger partial charge in [0, 0.05) is 12.8 Å². The fourth-order valence-electron chi connectivity index (χ4n) is 5.99. The number of rotatable bonds is 39. The number of hydrogen-bond donors (Lipinski definition) is 1. The van der Waals surface area contributed by atoms with E-state index in [1.54, 1.807) is 0 Å². The Morgan fingerprint density at radius 1 is 0.453 bits per heavy atom. The number of aliphatic hydroxyl groups is 1. The number of aliphatic hydroxyl groups excluding tert-OH is 1. The van der Waals surface area contributed by atoms with Crippen molar-refractivity contribution in [2.45, 2.75) is 206 Å². The summed E-state index contributed by atoms with van der Waals surface area (Å²) in [5.74, 6) is -0.686. The summed E-state index contributed by atoms with van der Waals surface area (Å²) < 4.78 is 10.6. The minimum Gasteiger partial charge on any atom is -0.462 e. The van der Waals surface area contributed by atoms with E-state index >= 15 is 0 Å². The zero-order valence-electron chi connectivity index (χ0n) is 34.5. The van der Waals surface area contributed by atoms with Crippen molar-refractivity contribution in [2.24, 2.45) is 0 Å². The van der Waals surface area contributed by atoms with Crippen LogP contribution < -0.4 is 0 Å². The predicted octanol–water partition coefficient (Wildman–Crippen LogP) is 14.1. The molecule has 0 aromatic carbocycles. The predicted molar refractivity (Wildman–Crippen MR) is 228 cm³/mol. The lowest BCUT2D eigenvalue weighted by Crippen LogP contribution is -2.28. The van der Waals surface area contributed by atoms with Gasteiger partial charge in [0.05, 0.1) is 6.61 Å². The van der Waals surface area contributed by atoms with Gasteiger partial charge in [0.25, 0.3) is 0 Å². The summed E-state index contributed by atoms with van der Waals surface area (Å²) in [5, 5.41) is 9.57. The SMILES string of the molecule is CC/C=C/C/C=C/C/C=C/C/C=C/C/C=C/C/C=C/CCC(=O)O[C@@H](CO)COC(=O)CCCCCCCCCCCCCCCCCCCCCC. The molecule has 0 radical (unpaired) electrons. The van der Waals surface area contributed by atoms with E-state index in [0.717, 1.165) is 57.8 Å². The third-order valence-corrected chi connectivity index (χ3v) is 9.28. The first-order valence-electron chi connectivity index (χ1n) is 22.0. The first-order valence-corrected chi connectivity index (χ1v) is 22.0. The summed E-state index contributed by atoms with van der Waals surface area (Å²) in [4.78, 5) is 24.3. The van der Waals surface area contributed by atoms with Gasteiger partial charge in [0.1, 0.15) is 6.61 Å². The summed E-state index contributed by atoms with van der Waals surface area (Å²) >= 11 is 0. The van der Waals surface area contributed by atoms with Crippen LogP contribution >= 0.6 is 0 Å². The van der Waals surface area contributed by atoms with Crippen molar-refractivity contribution in [2.75, 3.05) is 13.2 Å². The van der Waals surface area contributed by atoms with E-state index in [1.165, 1.54) is 109 Å². The third-order valence-electron chi connectivity index (χ3n) is 9.28. The number of carbonyl (C=O) groups is 2. The van der Waals surface area contributed by atoms with Gasteiger partial charge < -0.3 is 14.6 Å². The highest BCUT2D eigenvalue weighted by Crippen LogP contribution is 2.15. The van der Waals surface area contributed by atoms with E-state index in [-0.39, 0.29) is 25.6 Å². The normalized spacial score (nSPS) is 12.9. The number of hydrogen-bond acceptors (Lipinski definition) is 5. The highest BCUT2D eigenvalue weighted by Gasteiger charge is 2.15. The van der Waals surface area contributed by atoms with Crippen LogP contribution in [0.5, 0.6) is 0 Å². The minimum atomic E-state index is -0.813. The highest BCUT2D eigenvalue weighted by atomic mass is 16.6. The van der Waals surface area contributed by atoms with Gasteiger partial charge in [-0.3, -0.25) is 9.59 Å². The summed E-state index contributed by atoms with van der Waals surface area (Å²) in [5.41, 5.74) is 0. The lowest BCUT2D eigenvalue weighted by atomic mass is 10.0. The molecule has 0 aliphatic heterocycles. The molecule has 0 aromatic rings. The maximum atomic E-state index is 12.2. The minimum absolute atomic E-state index is 0.0970. The van der Waals surface area contributed by atoms with Crippen LogP contribution in [0.1, 0.15) is 200 Å². The number of carbonyl (C=O) groups excluding carboxylic acids is 2. The van der Waals surface area contributed by atoms with Crippen molar-refractivity contribution in [1.82, 2.24) is 0 Å². The van der Waals surface area contributed by atoms with Gasteiger partial charge in [-0.05, 0) is 51.4 Å². The Morgan fingerprint density at radius 2 is 0.811 bits per heavy atom. The van der Waals surface area contributed by atoms with Gasteiger partial charge >= 0.3 is 11.9 Å². The molecule has 53 heavy (non-hydrogen) atoms. The maximum absolute atomic E-state index is 12.2. The summed E-state index contributed by atoms with van der Waals surface area (Å²) in [7, 11) is 0. The van der Waals surface area contributed by atoms with E-state index < -0.39 is 12.1 Å². The van der Waals surface area contributed by atoms with Gasteiger partial charge in [-0.15, -0.1) is 0 Å². The van der Waals surface area contributed by atoms with E-state index in [0.29, 0.717) is 12.8 Å². The average molecular weight is 739 g/mol. The molecule has 0 heterocycles. The Balaban J connectivity index is 3.63. The lowest BCUT2D eigenvalue weighted by Gasteiger charge is -2.15. The number of esters is 2. The molecule has 5 heteroatoms. The van der Waals surface area contributed by atoms with Gasteiger partial charge in [-0.2, -0.15) is 0 Å². The molecule has 0 saturated carbocycles. The molecule has 5 nitrogen and oxygen atoms in total. The smallest absolute Gasteiger partial charge is 0.306 e. The van der Waals surface area contributed by atoms with Crippen molar-refractivity contribution in [3.8, 4) is 0 Å². The fraction of sp³-hybridized carbons (Fsp3) is 0.708. The van der Waals surface area contributed by atoms with Crippen molar-refractivity contribution < 1.29 is 24.2 Å². The van der Waals surface area contributed by atoms with Crippen LogP contribution in [0.4, 0.5) is 0 Å². The number of ether oxygens (including phenoxy) is 2. The molecule has 1 N–H and O–H groups in total. The monoisotopic (exact) mass is 739 g/mol. The molecule has 0 rings (SSSR count). The van der Waals surface area contributed by atoms with Crippen LogP contribution in [0.2, 0.25) is 0 Å². The van der Waals surface area contributed by atoms with Gasteiger partial charge in [-0.1, -0.05) is 209 Å². The molecule has 0 amide bonds. The van der Waals surface area contributed by atoms with E-state index in [2.05, 4.69) is 74.6 Å². The fourth-order valence-corrected chi connectivity index (χ4v) is 5.99. The average Bonchev–Trinajstić information content (AvgIpc) is 3.16. The first kappa shape index (κ1) is 50.3. The van der Waals surface area contributed by atoms with Crippen molar-refractivity contribution in [3.05, 3.63) is 72.9 Å². The molecule has 0 unspecified atom stereocenters. The quantitative estimate of drug-likeness (QED) is 0.0386. The Morgan fingerprint density at radius 3 is 1.19 bits per heavy atom. The third kappa shape index (κ3) is 42.0. The van der Waals surface area contributed by atoms with Crippen molar-refractivity contribution in [3.63, 3.8) is 0 Å². The second-order valence-corrected chi connectivity index (χ2v) is 14.4. The Bertz CT molecular complexity index is 972. The molecule has 304 valence electrons. The molecule has 1 atom stereocenters. The first-order chi connectivity index (χ1) is 26.1. The molecule has 0 aromatic heterocycles. The van der Waals surface area contributed by atoms with Crippen LogP contribution in [0.25, 0.3) is 0 Å². The van der Waals surface area contributed by atoms with Crippen LogP contribution in [-0.2, 0) is 19.1 Å². The summed E-state index contributed by atoms with van der Waals surface area (Å²) in [6.07, 6.45) is 58.4. The Labute approximate surface area is 327 Å². The van der Waals surface area contributed by atoms with Crippen molar-refractivity contribution in [1.29, 1.82) is 0 Å². The summed E-state index contributed by atoms with van der Waals surface area (Å²) in [6, 6.07) is 0. The van der Waals surface area contributed by atoms with Crippen LogP contribution in [0.3, 0.4) is 0 Å². The molecule has 0 aliphatic rings. The number of allylic oxidation sites excluding steroid dienone is 12. The van der Waals surface area contributed by atoms with Gasteiger partial charge in [0.2, 0.25) is 0 Å². The molecule has 0 saturated heterocycles. The van der Waals surface area contributed by atoms with Crippen LogP contribution in [0, 0.1) is 0 Å². The highest BCUT2D eigenvalue weighted by molar-refractivity contribution is 5.70. The molecule has 0 fully saturated rings. The van der Waals surface area contributed by atoms with E-state index in [1.807, 2.05) is 12.2 Å². The van der Waals surface area contributed by atoms with Crippen molar-refractivity contribution >= 4 is 11.9 Å². The largest absolute Gasteiger partial charge is 0.462 e. The standard InChI is InChI=1S/C48H82O5/c1-3-5-7-9-11-13-15-17-19-21-23-25-26-28-30-32-34-36-38-40-42-47(50)52-45-46(44-49)53-48(51)43-41-39-37-35-33-31-29-27-24-22-20-18-16-14-12-10-8-6-4-2/h6,8,12,14,18,20,24,27,31,33,37,39,46,49H,3-5,7,9-11,13,15-17,19,21-23,25-26,28-30,32,34-36,38,40-45H2,1-2H3/b8-6+,14-12+,20-18+,27-24+,33-31+,39-37+/t46-/m0/s1. The zero-order valence-corrected chi connectivity index (χ0v) is 34.5. The zero-order chi connectivity index (χ0) is 38.6. The van der Waals surface area contributed by atoms with E-state index in [4.69, 9.17) is 9.47 Å². The van der Waals surface area contributed by atoms with Crippen LogP contribution in [0.15, 0.2) is 72.9 Å². The van der Waals surface area contributed by atoms with E-state index in [9.17, 15) is 14.7 Å². The Hall–Kier alpha value is -2.66. The Kier molecular flexibility index (Phi) is 41.5.